The summed E-state index contributed by atoms with van der Waals surface area (Å²) in [6.45, 7) is 0.316. The molecule has 2 N–H and O–H groups in total. The highest BCUT2D eigenvalue weighted by atomic mass is 16.6. The highest BCUT2D eigenvalue weighted by Gasteiger charge is 2.33. The topological polar surface area (TPSA) is 75.4 Å². The molecule has 15 heavy (non-hydrogen) atoms. The molecule has 1 fully saturated rings. The summed E-state index contributed by atoms with van der Waals surface area (Å²) in [6.07, 6.45) is 0. The van der Waals surface area contributed by atoms with E-state index in [-0.39, 0.29) is 13.2 Å². The summed E-state index contributed by atoms with van der Waals surface area (Å²) in [5.74, 6) is -0.467. The summed E-state index contributed by atoms with van der Waals surface area (Å²) < 4.78 is 3.99. The van der Waals surface area contributed by atoms with Gasteiger partial charge in [-0.1, -0.05) is 0 Å². The van der Waals surface area contributed by atoms with Gasteiger partial charge in [0.15, 0.2) is 6.61 Å². The van der Waals surface area contributed by atoms with Crippen molar-refractivity contribution < 1.29 is 9.53 Å². The standard InChI is InChI=1S/C10H12N2O3/c11-8-1-3-9(4-2-8)12(14)5-6-15-7-10(12)13/h1-4H,5-7,11H2. The van der Waals surface area contributed by atoms with Crippen LogP contribution in [0.1, 0.15) is 0 Å². The molecule has 1 heterocycles. The van der Waals surface area contributed by atoms with E-state index in [0.717, 1.165) is 0 Å². The second kappa shape index (κ2) is 3.62. The van der Waals surface area contributed by atoms with Crippen LogP contribution in [0, 0.1) is 5.21 Å². The lowest BCUT2D eigenvalue weighted by molar-refractivity contribution is -0.138. The number of anilines is 1. The van der Waals surface area contributed by atoms with Crippen LogP contribution in [0.15, 0.2) is 24.3 Å². The van der Waals surface area contributed by atoms with E-state index < -0.39 is 10.6 Å². The number of hydrogen-bond acceptors (Lipinski definition) is 4. The fourth-order valence-corrected chi connectivity index (χ4v) is 1.57. The number of amides is 1. The van der Waals surface area contributed by atoms with Crippen LogP contribution in [0.4, 0.5) is 11.4 Å². The summed E-state index contributed by atoms with van der Waals surface area (Å²) in [4.78, 5) is 11.5. The minimum Gasteiger partial charge on any atom is -0.620 e. The summed E-state index contributed by atoms with van der Waals surface area (Å²) in [6, 6.07) is 6.42. The second-order valence-electron chi connectivity index (χ2n) is 3.50. The molecule has 1 aliphatic rings. The summed E-state index contributed by atoms with van der Waals surface area (Å²) >= 11 is 0. The SMILES string of the molecule is Nc1ccc([N+]2([O-])CCOCC2=O)cc1. The Balaban J connectivity index is 2.35. The molecule has 0 bridgehead atoms. The Morgan fingerprint density at radius 2 is 2.00 bits per heavy atom. The Morgan fingerprint density at radius 3 is 2.60 bits per heavy atom. The van der Waals surface area contributed by atoms with Gasteiger partial charge in [-0.3, -0.25) is 4.65 Å². The van der Waals surface area contributed by atoms with Crippen molar-refractivity contribution in [3.05, 3.63) is 29.5 Å². The minimum atomic E-state index is -0.944. The Labute approximate surface area is 87.2 Å². The fourth-order valence-electron chi connectivity index (χ4n) is 1.57. The molecule has 1 aromatic carbocycles. The maximum atomic E-state index is 12.2. The first kappa shape index (κ1) is 10.1. The molecule has 1 saturated heterocycles. The minimum absolute atomic E-state index is 0.117. The number of nitrogens with zero attached hydrogens (tertiary/aromatic N) is 1. The molecule has 0 radical (unpaired) electrons. The van der Waals surface area contributed by atoms with Crippen LogP contribution in [-0.4, -0.2) is 25.7 Å². The van der Waals surface area contributed by atoms with Crippen molar-refractivity contribution in [1.82, 2.24) is 4.65 Å². The normalized spacial score (nSPS) is 26.6. The number of carbonyl (C=O) groups is 1. The quantitative estimate of drug-likeness (QED) is 0.417. The van der Waals surface area contributed by atoms with E-state index in [2.05, 4.69) is 0 Å². The van der Waals surface area contributed by atoms with Gasteiger partial charge in [0.1, 0.15) is 12.2 Å². The third-order valence-electron chi connectivity index (χ3n) is 2.49. The largest absolute Gasteiger partial charge is 0.620 e. The van der Waals surface area contributed by atoms with Gasteiger partial charge in [0.05, 0.1) is 6.61 Å². The Morgan fingerprint density at radius 1 is 1.33 bits per heavy atom. The van der Waals surface area contributed by atoms with Crippen molar-refractivity contribution in [3.8, 4) is 0 Å². The van der Waals surface area contributed by atoms with Crippen molar-refractivity contribution in [2.75, 3.05) is 25.5 Å². The molecule has 80 valence electrons. The zero-order valence-electron chi connectivity index (χ0n) is 8.18. The number of hydroxylamine groups is 2. The van der Waals surface area contributed by atoms with E-state index in [1.54, 1.807) is 24.3 Å². The van der Waals surface area contributed by atoms with E-state index in [1.165, 1.54) is 0 Å². The molecule has 2 rings (SSSR count). The average Bonchev–Trinajstić information content (AvgIpc) is 2.23. The van der Waals surface area contributed by atoms with Crippen molar-refractivity contribution in [2.45, 2.75) is 0 Å². The lowest BCUT2D eigenvalue weighted by Crippen LogP contribution is -2.56. The van der Waals surface area contributed by atoms with Gasteiger partial charge in [-0.25, -0.2) is 4.79 Å². The number of rotatable bonds is 1. The maximum Gasteiger partial charge on any atom is 0.344 e. The van der Waals surface area contributed by atoms with Gasteiger partial charge in [0.2, 0.25) is 0 Å². The number of carbonyl (C=O) groups excluding carboxylic acids is 1. The first-order valence-electron chi connectivity index (χ1n) is 4.69. The van der Waals surface area contributed by atoms with Gasteiger partial charge in [0.25, 0.3) is 0 Å². The molecule has 1 aromatic rings. The van der Waals surface area contributed by atoms with Crippen LogP contribution in [-0.2, 0) is 9.53 Å². The monoisotopic (exact) mass is 208 g/mol. The Kier molecular flexibility index (Phi) is 2.44. The lowest BCUT2D eigenvalue weighted by Gasteiger charge is -2.41. The van der Waals surface area contributed by atoms with E-state index in [0.29, 0.717) is 18.0 Å². The summed E-state index contributed by atoms with van der Waals surface area (Å²) in [7, 11) is 0. The van der Waals surface area contributed by atoms with Gasteiger partial charge in [0, 0.05) is 17.8 Å². The number of ether oxygens (including phenoxy) is 1. The van der Waals surface area contributed by atoms with Gasteiger partial charge in [-0.05, 0) is 12.1 Å². The van der Waals surface area contributed by atoms with Crippen LogP contribution < -0.4 is 10.4 Å². The second-order valence-corrected chi connectivity index (χ2v) is 3.50. The predicted octanol–water partition coefficient (Wildman–Crippen LogP) is 0.631. The Hall–Kier alpha value is -1.43. The number of morpholine rings is 1. The average molecular weight is 208 g/mol. The zero-order chi connectivity index (χ0) is 10.9. The van der Waals surface area contributed by atoms with Gasteiger partial charge in [-0.2, -0.15) is 0 Å². The van der Waals surface area contributed by atoms with E-state index in [1.807, 2.05) is 0 Å². The van der Waals surface area contributed by atoms with Crippen LogP contribution >= 0.6 is 0 Å². The molecule has 5 nitrogen and oxygen atoms in total. The van der Waals surface area contributed by atoms with E-state index in [9.17, 15) is 10.0 Å². The van der Waals surface area contributed by atoms with Gasteiger partial charge >= 0.3 is 5.91 Å². The number of benzene rings is 1. The molecule has 1 unspecified atom stereocenters. The molecule has 0 aliphatic carbocycles. The lowest BCUT2D eigenvalue weighted by atomic mass is 10.2. The molecule has 0 saturated carbocycles. The van der Waals surface area contributed by atoms with Gasteiger partial charge in [-0.15, -0.1) is 0 Å². The molecule has 5 heteroatoms. The third-order valence-corrected chi connectivity index (χ3v) is 2.49. The predicted molar refractivity (Wildman–Crippen MR) is 56.7 cm³/mol. The number of nitrogens with two attached hydrogens (primary N) is 1. The number of quaternary nitrogens is 1. The molecule has 1 amide bonds. The van der Waals surface area contributed by atoms with Gasteiger partial charge < -0.3 is 15.7 Å². The fraction of sp³-hybridized carbons (Fsp3) is 0.300. The Bertz CT molecular complexity index is 377. The first-order chi connectivity index (χ1) is 7.13. The third kappa shape index (κ3) is 1.72. The molecule has 0 aromatic heterocycles. The molecule has 1 atom stereocenters. The molecular formula is C10H12N2O3. The van der Waals surface area contributed by atoms with Crippen LogP contribution in [0.5, 0.6) is 0 Å². The van der Waals surface area contributed by atoms with Crippen molar-refractivity contribution in [3.63, 3.8) is 0 Å². The molecular weight excluding hydrogens is 196 g/mol. The molecule has 1 aliphatic heterocycles. The van der Waals surface area contributed by atoms with Crippen LogP contribution in [0.25, 0.3) is 0 Å². The maximum absolute atomic E-state index is 12.2. The highest BCUT2D eigenvalue weighted by molar-refractivity contribution is 5.90. The van der Waals surface area contributed by atoms with Crippen molar-refractivity contribution >= 4 is 17.3 Å². The van der Waals surface area contributed by atoms with Crippen LogP contribution in [0.2, 0.25) is 0 Å². The van der Waals surface area contributed by atoms with Crippen molar-refractivity contribution in [2.24, 2.45) is 0 Å². The first-order valence-corrected chi connectivity index (χ1v) is 4.69. The van der Waals surface area contributed by atoms with E-state index in [4.69, 9.17) is 10.5 Å². The number of nitrogen functional groups attached to an aromatic ring is 1. The summed E-state index contributed by atoms with van der Waals surface area (Å²) in [5, 5.41) is 12.2. The summed E-state index contributed by atoms with van der Waals surface area (Å²) in [5.41, 5.74) is 6.50. The molecule has 0 spiro atoms. The van der Waals surface area contributed by atoms with Crippen LogP contribution in [0.3, 0.4) is 0 Å². The zero-order valence-corrected chi connectivity index (χ0v) is 8.18. The van der Waals surface area contributed by atoms with E-state index >= 15 is 0 Å². The smallest absolute Gasteiger partial charge is 0.344 e. The number of hydrogen-bond donors (Lipinski definition) is 1. The van der Waals surface area contributed by atoms with Crippen molar-refractivity contribution in [1.29, 1.82) is 0 Å². The highest BCUT2D eigenvalue weighted by Crippen LogP contribution is 2.25.